The van der Waals surface area contributed by atoms with Gasteiger partial charge in [0.2, 0.25) is 0 Å². The zero-order chi connectivity index (χ0) is 16.1. The van der Waals surface area contributed by atoms with Crippen LogP contribution in [0.2, 0.25) is 0 Å². The van der Waals surface area contributed by atoms with E-state index < -0.39 is 0 Å². The average Bonchev–Trinajstić information content (AvgIpc) is 2.52. The van der Waals surface area contributed by atoms with Crippen LogP contribution in [-0.2, 0) is 0 Å². The van der Waals surface area contributed by atoms with Gasteiger partial charge >= 0.3 is 6.03 Å². The summed E-state index contributed by atoms with van der Waals surface area (Å²) in [6, 6.07) is 10.7. The number of rotatable bonds is 4. The molecule has 2 amide bonds. The van der Waals surface area contributed by atoms with Gasteiger partial charge in [-0.15, -0.1) is 0 Å². The van der Waals surface area contributed by atoms with E-state index in [1.54, 1.807) is 32.4 Å². The van der Waals surface area contributed by atoms with Crippen molar-refractivity contribution in [2.24, 2.45) is 0 Å². The van der Waals surface area contributed by atoms with Crippen molar-refractivity contribution < 1.29 is 14.3 Å². The van der Waals surface area contributed by atoms with Gasteiger partial charge in [-0.25, -0.2) is 4.79 Å². The summed E-state index contributed by atoms with van der Waals surface area (Å²) < 4.78 is 10.5. The molecule has 0 bridgehead atoms. The van der Waals surface area contributed by atoms with Crippen molar-refractivity contribution in [3.8, 4) is 11.5 Å². The van der Waals surface area contributed by atoms with Crippen LogP contribution in [0.25, 0.3) is 0 Å². The Morgan fingerprint density at radius 1 is 0.909 bits per heavy atom. The molecule has 0 atom stereocenters. The summed E-state index contributed by atoms with van der Waals surface area (Å²) in [5, 5.41) is 5.62. The molecule has 2 aromatic carbocycles. The van der Waals surface area contributed by atoms with Crippen molar-refractivity contribution in [3.63, 3.8) is 0 Å². The van der Waals surface area contributed by atoms with Crippen LogP contribution in [0.3, 0.4) is 0 Å². The maximum absolute atomic E-state index is 12.2. The molecule has 2 aromatic rings. The fourth-order valence-corrected chi connectivity index (χ4v) is 2.13. The molecule has 0 aromatic heterocycles. The molecule has 0 saturated carbocycles. The minimum atomic E-state index is -0.350. The Hall–Kier alpha value is -2.69. The molecule has 5 heteroatoms. The minimum absolute atomic E-state index is 0.350. The van der Waals surface area contributed by atoms with Crippen LogP contribution in [0.15, 0.2) is 36.4 Å². The van der Waals surface area contributed by atoms with E-state index in [9.17, 15) is 4.79 Å². The first kappa shape index (κ1) is 15.7. The Balaban J connectivity index is 2.21. The third kappa shape index (κ3) is 3.31. The molecule has 0 spiro atoms. The highest BCUT2D eigenvalue weighted by Gasteiger charge is 2.13. The molecule has 2 rings (SSSR count). The highest BCUT2D eigenvalue weighted by molar-refractivity contribution is 6.02. The van der Waals surface area contributed by atoms with Crippen molar-refractivity contribution in [3.05, 3.63) is 47.5 Å². The van der Waals surface area contributed by atoms with E-state index in [0.29, 0.717) is 17.2 Å². The highest BCUT2D eigenvalue weighted by Crippen LogP contribution is 2.34. The second kappa shape index (κ2) is 6.85. The maximum atomic E-state index is 12.2. The van der Waals surface area contributed by atoms with E-state index in [0.717, 1.165) is 16.8 Å². The first-order chi connectivity index (χ1) is 10.6. The zero-order valence-electron chi connectivity index (χ0n) is 13.2. The summed E-state index contributed by atoms with van der Waals surface area (Å²) in [6.07, 6.45) is 0. The second-order valence-corrected chi connectivity index (χ2v) is 4.86. The molecule has 22 heavy (non-hydrogen) atoms. The van der Waals surface area contributed by atoms with E-state index in [1.807, 2.05) is 32.0 Å². The summed E-state index contributed by atoms with van der Waals surface area (Å²) in [5.41, 5.74) is 3.42. The summed E-state index contributed by atoms with van der Waals surface area (Å²) in [7, 11) is 3.09. The summed E-state index contributed by atoms with van der Waals surface area (Å²) >= 11 is 0. The number of hydrogen-bond acceptors (Lipinski definition) is 3. The first-order valence-electron chi connectivity index (χ1n) is 6.92. The van der Waals surface area contributed by atoms with Crippen LogP contribution >= 0.6 is 0 Å². The van der Waals surface area contributed by atoms with Gasteiger partial charge in [-0.1, -0.05) is 18.2 Å². The Labute approximate surface area is 130 Å². The molecule has 0 fully saturated rings. The predicted molar refractivity (Wildman–Crippen MR) is 88.1 cm³/mol. The average molecular weight is 300 g/mol. The molecule has 5 nitrogen and oxygen atoms in total. The van der Waals surface area contributed by atoms with Gasteiger partial charge in [0, 0.05) is 5.69 Å². The third-order valence-electron chi connectivity index (χ3n) is 3.52. The fourth-order valence-electron chi connectivity index (χ4n) is 2.13. The van der Waals surface area contributed by atoms with Crippen LogP contribution < -0.4 is 20.1 Å². The standard InChI is InChI=1S/C17H20N2O3/c1-11-7-5-8-13(12(11)2)18-17(20)19-16-14(21-3)9-6-10-15(16)22-4/h5-10H,1-4H3,(H2,18,19,20). The summed E-state index contributed by atoms with van der Waals surface area (Å²) in [5.74, 6) is 1.07. The number of para-hydroxylation sites is 1. The summed E-state index contributed by atoms with van der Waals surface area (Å²) in [4.78, 5) is 12.2. The van der Waals surface area contributed by atoms with Gasteiger partial charge in [-0.2, -0.15) is 0 Å². The van der Waals surface area contributed by atoms with Crippen LogP contribution in [0.4, 0.5) is 16.2 Å². The van der Waals surface area contributed by atoms with Gasteiger partial charge in [-0.3, -0.25) is 0 Å². The molecule has 116 valence electrons. The number of amides is 2. The van der Waals surface area contributed by atoms with Gasteiger partial charge < -0.3 is 20.1 Å². The van der Waals surface area contributed by atoms with E-state index in [4.69, 9.17) is 9.47 Å². The molecule has 0 radical (unpaired) electrons. The van der Waals surface area contributed by atoms with Gasteiger partial charge in [0.15, 0.2) is 0 Å². The number of benzene rings is 2. The third-order valence-corrected chi connectivity index (χ3v) is 3.52. The SMILES string of the molecule is COc1cccc(OC)c1NC(=O)Nc1cccc(C)c1C. The normalized spacial score (nSPS) is 10.0. The predicted octanol–water partition coefficient (Wildman–Crippen LogP) is 3.96. The lowest BCUT2D eigenvalue weighted by Gasteiger charge is -2.15. The zero-order valence-corrected chi connectivity index (χ0v) is 13.2. The van der Waals surface area contributed by atoms with Crippen LogP contribution in [-0.4, -0.2) is 20.3 Å². The number of nitrogens with one attached hydrogen (secondary N) is 2. The van der Waals surface area contributed by atoms with Gasteiger partial charge in [0.25, 0.3) is 0 Å². The lowest BCUT2D eigenvalue weighted by atomic mass is 10.1. The van der Waals surface area contributed by atoms with Crippen molar-refractivity contribution in [1.29, 1.82) is 0 Å². The van der Waals surface area contributed by atoms with Crippen LogP contribution in [0.1, 0.15) is 11.1 Å². The van der Waals surface area contributed by atoms with E-state index in [2.05, 4.69) is 10.6 Å². The highest BCUT2D eigenvalue weighted by atomic mass is 16.5. The van der Waals surface area contributed by atoms with Crippen molar-refractivity contribution in [2.75, 3.05) is 24.9 Å². The van der Waals surface area contributed by atoms with Crippen LogP contribution in [0, 0.1) is 13.8 Å². The van der Waals surface area contributed by atoms with Crippen molar-refractivity contribution >= 4 is 17.4 Å². The molecule has 0 aliphatic heterocycles. The Kier molecular flexibility index (Phi) is 4.88. The van der Waals surface area contributed by atoms with Crippen molar-refractivity contribution in [2.45, 2.75) is 13.8 Å². The smallest absolute Gasteiger partial charge is 0.323 e. The van der Waals surface area contributed by atoms with E-state index >= 15 is 0 Å². The van der Waals surface area contributed by atoms with E-state index in [-0.39, 0.29) is 6.03 Å². The number of carbonyl (C=O) groups excluding carboxylic acids is 1. The van der Waals surface area contributed by atoms with E-state index in [1.165, 1.54) is 0 Å². The number of aryl methyl sites for hydroxylation is 1. The molecule has 0 aliphatic rings. The fraction of sp³-hybridized carbons (Fsp3) is 0.235. The topological polar surface area (TPSA) is 59.6 Å². The number of carbonyl (C=O) groups is 1. The Bertz CT molecular complexity index is 661. The van der Waals surface area contributed by atoms with Crippen molar-refractivity contribution in [1.82, 2.24) is 0 Å². The van der Waals surface area contributed by atoms with Gasteiger partial charge in [0.1, 0.15) is 17.2 Å². The number of hydrogen-bond donors (Lipinski definition) is 2. The minimum Gasteiger partial charge on any atom is -0.494 e. The van der Waals surface area contributed by atoms with Gasteiger partial charge in [-0.05, 0) is 43.2 Å². The molecule has 0 saturated heterocycles. The van der Waals surface area contributed by atoms with Crippen LogP contribution in [0.5, 0.6) is 11.5 Å². The molecule has 0 heterocycles. The molecule has 0 aliphatic carbocycles. The number of methoxy groups -OCH3 is 2. The number of ether oxygens (including phenoxy) is 2. The lowest BCUT2D eigenvalue weighted by Crippen LogP contribution is -2.21. The Morgan fingerprint density at radius 2 is 1.50 bits per heavy atom. The molecular formula is C17H20N2O3. The monoisotopic (exact) mass is 300 g/mol. The second-order valence-electron chi connectivity index (χ2n) is 4.86. The Morgan fingerprint density at radius 3 is 2.09 bits per heavy atom. The summed E-state index contributed by atoms with van der Waals surface area (Å²) in [6.45, 7) is 3.97. The first-order valence-corrected chi connectivity index (χ1v) is 6.92. The quantitative estimate of drug-likeness (QED) is 0.898. The largest absolute Gasteiger partial charge is 0.494 e. The molecule has 2 N–H and O–H groups in total. The molecular weight excluding hydrogens is 280 g/mol. The van der Waals surface area contributed by atoms with Gasteiger partial charge in [0.05, 0.1) is 14.2 Å². The lowest BCUT2D eigenvalue weighted by molar-refractivity contribution is 0.262. The number of anilines is 2. The maximum Gasteiger partial charge on any atom is 0.323 e. The number of urea groups is 1. The molecule has 0 unspecified atom stereocenters.